The Morgan fingerprint density at radius 2 is 1.76 bits per heavy atom. The molecule has 0 radical (unpaired) electrons. The number of ether oxygens (including phenoxy) is 1. The van der Waals surface area contributed by atoms with Gasteiger partial charge >= 0.3 is 13.1 Å². The maximum absolute atomic E-state index is 11.3. The standard InChI is InChI=1S/C12H11BO4/c1-17-12(14)10-3-2-9-7-11(13(15)16)5-4-8(9)6-10/h2-7,15-16H,1H3. The van der Waals surface area contributed by atoms with Crippen LogP contribution in [-0.4, -0.2) is 30.2 Å². The molecule has 0 aliphatic heterocycles. The Bertz CT molecular complexity index is 565. The lowest BCUT2D eigenvalue weighted by atomic mass is 9.79. The second kappa shape index (κ2) is 4.57. The van der Waals surface area contributed by atoms with E-state index in [1.54, 1.807) is 36.4 Å². The molecule has 0 unspecified atom stereocenters. The molecule has 2 rings (SSSR count). The lowest BCUT2D eigenvalue weighted by molar-refractivity contribution is 0.0601. The first-order chi connectivity index (χ1) is 8.11. The third kappa shape index (κ3) is 2.30. The predicted molar refractivity (Wildman–Crippen MR) is 65.1 cm³/mol. The van der Waals surface area contributed by atoms with Gasteiger partial charge in [0.2, 0.25) is 0 Å². The molecule has 2 aromatic rings. The summed E-state index contributed by atoms with van der Waals surface area (Å²) in [6, 6.07) is 10.1. The molecule has 0 amide bonds. The second-order valence-corrected chi connectivity index (χ2v) is 3.69. The molecule has 0 aromatic heterocycles. The van der Waals surface area contributed by atoms with Crippen LogP contribution in [0.4, 0.5) is 0 Å². The number of hydrogen-bond donors (Lipinski definition) is 2. The molecule has 0 atom stereocenters. The fraction of sp³-hybridized carbons (Fsp3) is 0.0833. The van der Waals surface area contributed by atoms with Crippen LogP contribution >= 0.6 is 0 Å². The molecule has 0 saturated carbocycles. The summed E-state index contributed by atoms with van der Waals surface area (Å²) in [4.78, 5) is 11.3. The summed E-state index contributed by atoms with van der Waals surface area (Å²) in [6.45, 7) is 0. The van der Waals surface area contributed by atoms with Gasteiger partial charge in [-0.1, -0.05) is 24.3 Å². The largest absolute Gasteiger partial charge is 0.488 e. The monoisotopic (exact) mass is 230 g/mol. The number of fused-ring (bicyclic) bond motifs is 1. The molecular formula is C12H11BO4. The lowest BCUT2D eigenvalue weighted by Gasteiger charge is -2.04. The topological polar surface area (TPSA) is 66.8 Å². The fourth-order valence-corrected chi connectivity index (χ4v) is 1.67. The van der Waals surface area contributed by atoms with Crippen LogP contribution in [-0.2, 0) is 4.74 Å². The van der Waals surface area contributed by atoms with E-state index in [1.807, 2.05) is 0 Å². The van der Waals surface area contributed by atoms with E-state index < -0.39 is 13.1 Å². The van der Waals surface area contributed by atoms with E-state index in [2.05, 4.69) is 4.74 Å². The molecule has 0 fully saturated rings. The van der Waals surface area contributed by atoms with Crippen molar-refractivity contribution in [1.29, 1.82) is 0 Å². The first-order valence-corrected chi connectivity index (χ1v) is 5.10. The Morgan fingerprint density at radius 3 is 2.41 bits per heavy atom. The van der Waals surface area contributed by atoms with Crippen molar-refractivity contribution in [3.63, 3.8) is 0 Å². The molecule has 0 heterocycles. The van der Waals surface area contributed by atoms with Crippen LogP contribution in [0.2, 0.25) is 0 Å². The highest BCUT2D eigenvalue weighted by molar-refractivity contribution is 6.58. The van der Waals surface area contributed by atoms with E-state index in [1.165, 1.54) is 7.11 Å². The number of rotatable bonds is 2. The smallest absolute Gasteiger partial charge is 0.465 e. The summed E-state index contributed by atoms with van der Waals surface area (Å²) >= 11 is 0. The third-order valence-corrected chi connectivity index (χ3v) is 2.58. The summed E-state index contributed by atoms with van der Waals surface area (Å²) in [5.74, 6) is -0.391. The molecule has 0 bridgehead atoms. The molecule has 0 saturated heterocycles. The van der Waals surface area contributed by atoms with E-state index in [9.17, 15) is 4.79 Å². The van der Waals surface area contributed by atoms with E-state index in [0.717, 1.165) is 10.8 Å². The maximum Gasteiger partial charge on any atom is 0.488 e. The van der Waals surface area contributed by atoms with Gasteiger partial charge in [0.25, 0.3) is 0 Å². The van der Waals surface area contributed by atoms with Crippen molar-refractivity contribution in [1.82, 2.24) is 0 Å². The Labute approximate surface area is 98.6 Å². The molecular weight excluding hydrogens is 219 g/mol. The van der Waals surface area contributed by atoms with Gasteiger partial charge in [-0.2, -0.15) is 0 Å². The predicted octanol–water partition coefficient (Wildman–Crippen LogP) is 0.306. The minimum Gasteiger partial charge on any atom is -0.465 e. The highest BCUT2D eigenvalue weighted by Gasteiger charge is 2.11. The summed E-state index contributed by atoms with van der Waals surface area (Å²) in [7, 11) is -0.155. The quantitative estimate of drug-likeness (QED) is 0.575. The lowest BCUT2D eigenvalue weighted by Crippen LogP contribution is -2.29. The SMILES string of the molecule is COC(=O)c1ccc2cc(B(O)O)ccc2c1. The molecule has 2 aromatic carbocycles. The minimum atomic E-state index is -1.49. The van der Waals surface area contributed by atoms with Gasteiger partial charge in [0.05, 0.1) is 12.7 Å². The van der Waals surface area contributed by atoms with Crippen LogP contribution in [0.3, 0.4) is 0 Å². The summed E-state index contributed by atoms with van der Waals surface area (Å²) < 4.78 is 4.63. The Balaban J connectivity index is 2.50. The highest BCUT2D eigenvalue weighted by atomic mass is 16.5. The summed E-state index contributed by atoms with van der Waals surface area (Å²) in [6.07, 6.45) is 0. The molecule has 2 N–H and O–H groups in total. The van der Waals surface area contributed by atoms with Crippen LogP contribution in [0.15, 0.2) is 36.4 Å². The number of methoxy groups -OCH3 is 1. The van der Waals surface area contributed by atoms with Crippen LogP contribution in [0.25, 0.3) is 10.8 Å². The summed E-state index contributed by atoms with van der Waals surface area (Å²) in [5.41, 5.74) is 0.889. The van der Waals surface area contributed by atoms with Gasteiger partial charge in [0.15, 0.2) is 0 Å². The van der Waals surface area contributed by atoms with E-state index in [4.69, 9.17) is 10.0 Å². The molecule has 0 spiro atoms. The second-order valence-electron chi connectivity index (χ2n) is 3.69. The molecule has 4 nitrogen and oxygen atoms in total. The van der Waals surface area contributed by atoms with Gasteiger partial charge in [-0.05, 0) is 28.4 Å². The van der Waals surface area contributed by atoms with Crippen molar-refractivity contribution in [3.05, 3.63) is 42.0 Å². The molecule has 0 aliphatic rings. The first kappa shape index (κ1) is 11.6. The van der Waals surface area contributed by atoms with Crippen molar-refractivity contribution in [3.8, 4) is 0 Å². The van der Waals surface area contributed by atoms with Gasteiger partial charge in [0, 0.05) is 0 Å². The van der Waals surface area contributed by atoms with Crippen LogP contribution in [0, 0.1) is 0 Å². The zero-order chi connectivity index (χ0) is 12.4. The molecule has 17 heavy (non-hydrogen) atoms. The zero-order valence-corrected chi connectivity index (χ0v) is 9.25. The van der Waals surface area contributed by atoms with Crippen LogP contribution < -0.4 is 5.46 Å². The highest BCUT2D eigenvalue weighted by Crippen LogP contribution is 2.15. The minimum absolute atomic E-state index is 0.391. The number of benzene rings is 2. The van der Waals surface area contributed by atoms with Gasteiger partial charge in [0.1, 0.15) is 0 Å². The average molecular weight is 230 g/mol. The van der Waals surface area contributed by atoms with Crippen molar-refractivity contribution < 1.29 is 19.6 Å². The number of carbonyl (C=O) groups excluding carboxylic acids is 1. The fourth-order valence-electron chi connectivity index (χ4n) is 1.67. The van der Waals surface area contributed by atoms with Gasteiger partial charge in [-0.25, -0.2) is 4.79 Å². The van der Waals surface area contributed by atoms with Gasteiger partial charge < -0.3 is 14.8 Å². The van der Waals surface area contributed by atoms with Crippen molar-refractivity contribution in [2.75, 3.05) is 7.11 Å². The number of carbonyl (C=O) groups is 1. The van der Waals surface area contributed by atoms with Crippen LogP contribution in [0.1, 0.15) is 10.4 Å². The first-order valence-electron chi connectivity index (χ1n) is 5.10. The molecule has 86 valence electrons. The van der Waals surface area contributed by atoms with E-state index in [0.29, 0.717) is 11.0 Å². The van der Waals surface area contributed by atoms with E-state index in [-0.39, 0.29) is 0 Å². The van der Waals surface area contributed by atoms with Crippen molar-refractivity contribution >= 4 is 29.3 Å². The van der Waals surface area contributed by atoms with Crippen molar-refractivity contribution in [2.24, 2.45) is 0 Å². The molecule has 0 aliphatic carbocycles. The zero-order valence-electron chi connectivity index (χ0n) is 9.25. The normalized spacial score (nSPS) is 10.3. The number of esters is 1. The Kier molecular flexibility index (Phi) is 3.13. The third-order valence-electron chi connectivity index (χ3n) is 2.58. The summed E-state index contributed by atoms with van der Waals surface area (Å²) in [5, 5.41) is 19.8. The molecule has 5 heteroatoms. The number of hydrogen-bond acceptors (Lipinski definition) is 4. The van der Waals surface area contributed by atoms with E-state index >= 15 is 0 Å². The average Bonchev–Trinajstić information content (AvgIpc) is 2.36. The van der Waals surface area contributed by atoms with Crippen molar-refractivity contribution in [2.45, 2.75) is 0 Å². The Morgan fingerprint density at radius 1 is 1.12 bits per heavy atom. The maximum atomic E-state index is 11.3. The van der Waals surface area contributed by atoms with Crippen LogP contribution in [0.5, 0.6) is 0 Å². The van der Waals surface area contributed by atoms with Gasteiger partial charge in [-0.15, -0.1) is 0 Å². The Hall–Kier alpha value is -1.85. The van der Waals surface area contributed by atoms with Gasteiger partial charge in [-0.3, -0.25) is 0 Å².